The molecule has 0 fully saturated rings. The quantitative estimate of drug-likeness (QED) is 0.727. The SMILES string of the molecule is O=C(c1cc(O)cc(O)c1)N1CCc2[nH]ccc2C1. The van der Waals surface area contributed by atoms with Crippen molar-refractivity contribution in [3.8, 4) is 11.5 Å². The van der Waals surface area contributed by atoms with Gasteiger partial charge in [0.1, 0.15) is 11.5 Å². The highest BCUT2D eigenvalue weighted by Crippen LogP contribution is 2.24. The number of hydrogen-bond acceptors (Lipinski definition) is 3. The maximum absolute atomic E-state index is 12.3. The Morgan fingerprint density at radius 3 is 2.68 bits per heavy atom. The lowest BCUT2D eigenvalue weighted by atomic mass is 10.1. The number of aromatic hydroxyl groups is 2. The minimum atomic E-state index is -0.182. The van der Waals surface area contributed by atoms with E-state index in [4.69, 9.17) is 0 Å². The highest BCUT2D eigenvalue weighted by atomic mass is 16.3. The lowest BCUT2D eigenvalue weighted by Crippen LogP contribution is -2.35. The molecule has 0 radical (unpaired) electrons. The number of amides is 1. The monoisotopic (exact) mass is 258 g/mol. The Morgan fingerprint density at radius 2 is 1.95 bits per heavy atom. The van der Waals surface area contributed by atoms with Gasteiger partial charge >= 0.3 is 0 Å². The minimum Gasteiger partial charge on any atom is -0.508 e. The normalized spacial score (nSPS) is 14.2. The van der Waals surface area contributed by atoms with Gasteiger partial charge in [0.2, 0.25) is 0 Å². The van der Waals surface area contributed by atoms with Crippen LogP contribution in [0.3, 0.4) is 0 Å². The van der Waals surface area contributed by atoms with Crippen LogP contribution in [0.25, 0.3) is 0 Å². The maximum atomic E-state index is 12.3. The van der Waals surface area contributed by atoms with Gasteiger partial charge in [-0.05, 0) is 23.8 Å². The van der Waals surface area contributed by atoms with Gasteiger partial charge in [-0.2, -0.15) is 0 Å². The Morgan fingerprint density at radius 1 is 1.21 bits per heavy atom. The number of rotatable bonds is 1. The van der Waals surface area contributed by atoms with E-state index in [0.29, 0.717) is 18.7 Å². The molecule has 1 aliphatic heterocycles. The van der Waals surface area contributed by atoms with E-state index in [1.807, 2.05) is 12.3 Å². The van der Waals surface area contributed by atoms with Gasteiger partial charge in [0.25, 0.3) is 5.91 Å². The van der Waals surface area contributed by atoms with Gasteiger partial charge in [-0.1, -0.05) is 0 Å². The molecular weight excluding hydrogens is 244 g/mol. The van der Waals surface area contributed by atoms with Crippen LogP contribution in [-0.4, -0.2) is 32.5 Å². The third kappa shape index (κ3) is 2.14. The standard InChI is InChI=1S/C14H14N2O3/c17-11-5-10(6-12(18)7-11)14(19)16-4-2-13-9(8-16)1-3-15-13/h1,3,5-7,15,17-18H,2,4,8H2. The number of aromatic nitrogens is 1. The van der Waals surface area contributed by atoms with Crippen LogP contribution in [0.5, 0.6) is 11.5 Å². The lowest BCUT2D eigenvalue weighted by Gasteiger charge is -2.27. The van der Waals surface area contributed by atoms with Crippen molar-refractivity contribution in [1.29, 1.82) is 0 Å². The molecule has 0 aliphatic carbocycles. The molecule has 0 atom stereocenters. The van der Waals surface area contributed by atoms with E-state index in [-0.39, 0.29) is 17.4 Å². The van der Waals surface area contributed by atoms with Crippen LogP contribution in [0.15, 0.2) is 30.5 Å². The summed E-state index contributed by atoms with van der Waals surface area (Å²) in [5.74, 6) is -0.400. The molecule has 1 aromatic heterocycles. The van der Waals surface area contributed by atoms with Crippen molar-refractivity contribution in [2.45, 2.75) is 13.0 Å². The van der Waals surface area contributed by atoms with Crippen LogP contribution in [0.4, 0.5) is 0 Å². The molecule has 2 heterocycles. The molecule has 0 saturated carbocycles. The third-order valence-electron chi connectivity index (χ3n) is 3.36. The van der Waals surface area contributed by atoms with Crippen molar-refractivity contribution < 1.29 is 15.0 Å². The zero-order chi connectivity index (χ0) is 13.4. The molecule has 0 unspecified atom stereocenters. The molecule has 0 saturated heterocycles. The number of aromatic amines is 1. The Bertz CT molecular complexity index is 613. The van der Waals surface area contributed by atoms with E-state index in [1.54, 1.807) is 4.90 Å². The second-order valence-corrected chi connectivity index (χ2v) is 4.70. The molecule has 3 N–H and O–H groups in total. The zero-order valence-electron chi connectivity index (χ0n) is 10.3. The van der Waals surface area contributed by atoms with Gasteiger partial charge in [-0.25, -0.2) is 0 Å². The smallest absolute Gasteiger partial charge is 0.254 e. The zero-order valence-corrected chi connectivity index (χ0v) is 10.3. The van der Waals surface area contributed by atoms with Gasteiger partial charge in [0.15, 0.2) is 0 Å². The predicted molar refractivity (Wildman–Crippen MR) is 69.0 cm³/mol. The van der Waals surface area contributed by atoms with Crippen molar-refractivity contribution in [2.75, 3.05) is 6.54 Å². The molecule has 0 bridgehead atoms. The Hall–Kier alpha value is -2.43. The summed E-state index contributed by atoms with van der Waals surface area (Å²) in [6, 6.07) is 5.91. The fraction of sp³-hybridized carbons (Fsp3) is 0.214. The number of carbonyl (C=O) groups is 1. The molecule has 5 heteroatoms. The van der Waals surface area contributed by atoms with Crippen LogP contribution in [0, 0.1) is 0 Å². The number of fused-ring (bicyclic) bond motifs is 1. The van der Waals surface area contributed by atoms with Crippen molar-refractivity contribution in [1.82, 2.24) is 9.88 Å². The van der Waals surface area contributed by atoms with Crippen molar-refractivity contribution in [3.63, 3.8) is 0 Å². The number of phenolic OH excluding ortho intramolecular Hbond substituents is 2. The first-order chi connectivity index (χ1) is 9.13. The van der Waals surface area contributed by atoms with E-state index in [1.165, 1.54) is 23.9 Å². The fourth-order valence-corrected chi connectivity index (χ4v) is 2.42. The van der Waals surface area contributed by atoms with Crippen molar-refractivity contribution >= 4 is 5.91 Å². The van der Waals surface area contributed by atoms with E-state index < -0.39 is 0 Å². The first kappa shape index (κ1) is 11.6. The average molecular weight is 258 g/mol. The van der Waals surface area contributed by atoms with Crippen LogP contribution < -0.4 is 0 Å². The third-order valence-corrected chi connectivity index (χ3v) is 3.36. The van der Waals surface area contributed by atoms with E-state index in [9.17, 15) is 15.0 Å². The molecule has 98 valence electrons. The molecule has 2 aromatic rings. The summed E-state index contributed by atoms with van der Waals surface area (Å²) in [6.45, 7) is 1.18. The summed E-state index contributed by atoms with van der Waals surface area (Å²) >= 11 is 0. The molecule has 1 aromatic carbocycles. The minimum absolute atomic E-state index is 0.109. The Kier molecular flexibility index (Phi) is 2.67. The summed E-state index contributed by atoms with van der Waals surface area (Å²) < 4.78 is 0. The topological polar surface area (TPSA) is 76.6 Å². The van der Waals surface area contributed by atoms with Gasteiger partial charge in [-0.3, -0.25) is 4.79 Å². The van der Waals surface area contributed by atoms with Gasteiger partial charge < -0.3 is 20.1 Å². The van der Waals surface area contributed by atoms with Crippen LogP contribution in [0.1, 0.15) is 21.6 Å². The Balaban J connectivity index is 1.85. The van der Waals surface area contributed by atoms with Gasteiger partial charge in [-0.15, -0.1) is 0 Å². The maximum Gasteiger partial charge on any atom is 0.254 e. The summed E-state index contributed by atoms with van der Waals surface area (Å²) in [4.78, 5) is 17.2. The van der Waals surface area contributed by atoms with Crippen LogP contribution >= 0.6 is 0 Å². The molecule has 0 spiro atoms. The number of H-pyrrole nitrogens is 1. The molecule has 5 nitrogen and oxygen atoms in total. The van der Waals surface area contributed by atoms with Crippen LogP contribution in [-0.2, 0) is 13.0 Å². The van der Waals surface area contributed by atoms with E-state index in [2.05, 4.69) is 4.98 Å². The highest BCUT2D eigenvalue weighted by molar-refractivity contribution is 5.95. The summed E-state index contributed by atoms with van der Waals surface area (Å²) in [5.41, 5.74) is 2.59. The fourth-order valence-electron chi connectivity index (χ4n) is 2.42. The molecule has 1 aliphatic rings. The van der Waals surface area contributed by atoms with Gasteiger partial charge in [0.05, 0.1) is 0 Å². The number of hydrogen-bond donors (Lipinski definition) is 3. The summed E-state index contributed by atoms with van der Waals surface area (Å²) in [5, 5.41) is 18.9. The molecular formula is C14H14N2O3. The largest absolute Gasteiger partial charge is 0.508 e. The number of carbonyl (C=O) groups excluding carboxylic acids is 1. The summed E-state index contributed by atoms with van der Waals surface area (Å²) in [7, 11) is 0. The molecule has 19 heavy (non-hydrogen) atoms. The number of nitrogens with one attached hydrogen (secondary N) is 1. The number of nitrogens with zero attached hydrogens (tertiary/aromatic N) is 1. The highest BCUT2D eigenvalue weighted by Gasteiger charge is 2.22. The van der Waals surface area contributed by atoms with Crippen molar-refractivity contribution in [3.05, 3.63) is 47.3 Å². The molecule has 1 amide bonds. The summed E-state index contributed by atoms with van der Waals surface area (Å²) in [6.07, 6.45) is 2.66. The lowest BCUT2D eigenvalue weighted by molar-refractivity contribution is 0.0733. The molecule has 3 rings (SSSR count). The number of phenols is 2. The second-order valence-electron chi connectivity index (χ2n) is 4.70. The van der Waals surface area contributed by atoms with Crippen molar-refractivity contribution in [2.24, 2.45) is 0 Å². The Labute approximate surface area is 110 Å². The first-order valence-electron chi connectivity index (χ1n) is 6.11. The van der Waals surface area contributed by atoms with Gasteiger partial charge in [0, 0.05) is 43.0 Å². The van der Waals surface area contributed by atoms with E-state index in [0.717, 1.165) is 12.0 Å². The first-order valence-corrected chi connectivity index (χ1v) is 6.11. The second kappa shape index (κ2) is 4.35. The number of benzene rings is 1. The van der Waals surface area contributed by atoms with E-state index >= 15 is 0 Å². The predicted octanol–water partition coefficient (Wildman–Crippen LogP) is 1.62. The average Bonchev–Trinajstić information content (AvgIpc) is 2.83. The van der Waals surface area contributed by atoms with Crippen LogP contribution in [0.2, 0.25) is 0 Å².